The molecule has 6 nitrogen and oxygen atoms in total. The summed E-state index contributed by atoms with van der Waals surface area (Å²) in [4.78, 5) is 20.5. The van der Waals surface area contributed by atoms with E-state index in [-0.39, 0.29) is 11.3 Å². The summed E-state index contributed by atoms with van der Waals surface area (Å²) >= 11 is 0. The minimum atomic E-state index is -0.774. The van der Waals surface area contributed by atoms with E-state index in [9.17, 15) is 14.9 Å². The van der Waals surface area contributed by atoms with Crippen molar-refractivity contribution in [2.75, 3.05) is 0 Å². The van der Waals surface area contributed by atoms with Gasteiger partial charge in [-0.05, 0) is 6.92 Å². The van der Waals surface area contributed by atoms with Gasteiger partial charge in [0.2, 0.25) is 0 Å². The predicted octanol–water partition coefficient (Wildman–Crippen LogP) is 0.302. The molecule has 1 aromatic rings. The molecule has 0 aromatic carbocycles. The fourth-order valence-corrected chi connectivity index (χ4v) is 0.813. The number of pyridine rings is 1. The lowest BCUT2D eigenvalue weighted by Gasteiger charge is -1.97. The molecule has 0 radical (unpaired) electrons. The molecule has 1 N–H and O–H groups in total. The Balaban J connectivity index is 3.47. The van der Waals surface area contributed by atoms with Crippen LogP contribution in [0.1, 0.15) is 5.56 Å². The van der Waals surface area contributed by atoms with Crippen LogP contribution in [0.5, 0.6) is 0 Å². The van der Waals surface area contributed by atoms with Crippen LogP contribution >= 0.6 is 0 Å². The minimum Gasteiger partial charge on any atom is -0.425 e. The van der Waals surface area contributed by atoms with Crippen molar-refractivity contribution in [3.8, 4) is 0 Å². The fourth-order valence-electron chi connectivity index (χ4n) is 0.813. The van der Waals surface area contributed by atoms with Crippen molar-refractivity contribution in [3.05, 3.63) is 38.3 Å². The van der Waals surface area contributed by atoms with Crippen molar-refractivity contribution in [1.29, 1.82) is 0 Å². The normalized spacial score (nSPS) is 9.75. The van der Waals surface area contributed by atoms with Gasteiger partial charge in [-0.2, -0.15) is 4.73 Å². The number of aromatic nitrogens is 1. The number of hydrogen-bond acceptors (Lipinski definition) is 4. The molecule has 0 saturated carbocycles. The molecule has 0 bridgehead atoms. The van der Waals surface area contributed by atoms with Crippen LogP contribution in [0.2, 0.25) is 0 Å². The molecule has 0 saturated heterocycles. The van der Waals surface area contributed by atoms with E-state index in [1.54, 1.807) is 0 Å². The van der Waals surface area contributed by atoms with Crippen LogP contribution in [0.25, 0.3) is 0 Å². The van der Waals surface area contributed by atoms with Crippen molar-refractivity contribution in [2.45, 2.75) is 6.92 Å². The summed E-state index contributed by atoms with van der Waals surface area (Å²) in [6, 6.07) is 1.07. The third kappa shape index (κ3) is 1.14. The van der Waals surface area contributed by atoms with E-state index in [0.717, 1.165) is 12.3 Å². The Hall–Kier alpha value is -1.85. The zero-order valence-electron chi connectivity index (χ0n) is 6.22. The average Bonchev–Trinajstić information content (AvgIpc) is 2.00. The van der Waals surface area contributed by atoms with E-state index >= 15 is 0 Å². The van der Waals surface area contributed by atoms with E-state index in [0.29, 0.717) is 4.73 Å². The first-order chi connectivity index (χ1) is 5.54. The van der Waals surface area contributed by atoms with Gasteiger partial charge in [0.05, 0.1) is 16.7 Å². The second-order valence-corrected chi connectivity index (χ2v) is 2.23. The highest BCUT2D eigenvalue weighted by Crippen LogP contribution is 2.11. The van der Waals surface area contributed by atoms with Gasteiger partial charge in [0.25, 0.3) is 11.2 Å². The highest BCUT2D eigenvalue weighted by molar-refractivity contribution is 5.35. The Morgan fingerprint density at radius 2 is 2.25 bits per heavy atom. The van der Waals surface area contributed by atoms with E-state index in [1.165, 1.54) is 6.92 Å². The molecule has 12 heavy (non-hydrogen) atoms. The summed E-state index contributed by atoms with van der Waals surface area (Å²) in [5.74, 6) is 0. The second kappa shape index (κ2) is 2.65. The minimum absolute atomic E-state index is 0.0787. The van der Waals surface area contributed by atoms with Crippen LogP contribution < -0.4 is 5.56 Å². The number of hydrogen-bond donors (Lipinski definition) is 1. The molecule has 0 aliphatic carbocycles. The van der Waals surface area contributed by atoms with E-state index < -0.39 is 10.5 Å². The van der Waals surface area contributed by atoms with Crippen molar-refractivity contribution in [3.63, 3.8) is 0 Å². The molecule has 0 aliphatic rings. The third-order valence-corrected chi connectivity index (χ3v) is 1.48. The van der Waals surface area contributed by atoms with Gasteiger partial charge in [-0.1, -0.05) is 0 Å². The topological polar surface area (TPSA) is 85.4 Å². The Morgan fingerprint density at radius 3 is 2.75 bits per heavy atom. The molecule has 0 unspecified atom stereocenters. The third-order valence-electron chi connectivity index (χ3n) is 1.48. The van der Waals surface area contributed by atoms with Gasteiger partial charge in [-0.3, -0.25) is 14.9 Å². The Bertz CT molecular complexity index is 382. The smallest absolute Gasteiger partial charge is 0.292 e. The summed E-state index contributed by atoms with van der Waals surface area (Å²) in [7, 11) is 0. The largest absolute Gasteiger partial charge is 0.425 e. The monoisotopic (exact) mass is 170 g/mol. The van der Waals surface area contributed by atoms with Gasteiger partial charge >= 0.3 is 0 Å². The molecule has 0 spiro atoms. The maximum absolute atomic E-state index is 10.9. The van der Waals surface area contributed by atoms with Crippen LogP contribution in [0.4, 0.5) is 5.69 Å². The van der Waals surface area contributed by atoms with Crippen molar-refractivity contribution < 1.29 is 10.1 Å². The molecule has 1 heterocycles. The summed E-state index contributed by atoms with van der Waals surface area (Å²) in [6.45, 7) is 1.28. The van der Waals surface area contributed by atoms with Crippen LogP contribution in [-0.4, -0.2) is 14.9 Å². The SMILES string of the molecule is Cc1c([N+](=O)[O-])ccn(O)c1=O. The van der Waals surface area contributed by atoms with Gasteiger partial charge in [-0.25, -0.2) is 0 Å². The van der Waals surface area contributed by atoms with Gasteiger partial charge in [0.15, 0.2) is 0 Å². The quantitative estimate of drug-likeness (QED) is 0.373. The fraction of sp³-hybridized carbons (Fsp3) is 0.167. The molecule has 64 valence electrons. The van der Waals surface area contributed by atoms with Gasteiger partial charge in [0.1, 0.15) is 0 Å². The molecule has 1 rings (SSSR count). The lowest BCUT2D eigenvalue weighted by Crippen LogP contribution is -2.20. The van der Waals surface area contributed by atoms with Crippen LogP contribution in [0.15, 0.2) is 17.1 Å². The lowest BCUT2D eigenvalue weighted by molar-refractivity contribution is -0.385. The van der Waals surface area contributed by atoms with Gasteiger partial charge in [-0.15, -0.1) is 0 Å². The average molecular weight is 170 g/mol. The first-order valence-corrected chi connectivity index (χ1v) is 3.10. The summed E-state index contributed by atoms with van der Waals surface area (Å²) in [5, 5.41) is 19.0. The van der Waals surface area contributed by atoms with Gasteiger partial charge in [0, 0.05) is 6.07 Å². The van der Waals surface area contributed by atoms with E-state index in [2.05, 4.69) is 0 Å². The van der Waals surface area contributed by atoms with Crippen molar-refractivity contribution in [2.24, 2.45) is 0 Å². The standard InChI is InChI=1S/C6H6N2O4/c1-4-5(8(11)12)2-3-7(10)6(4)9/h2-3,10H,1H3. The molecular weight excluding hydrogens is 164 g/mol. The van der Waals surface area contributed by atoms with Crippen molar-refractivity contribution in [1.82, 2.24) is 4.73 Å². The van der Waals surface area contributed by atoms with Crippen molar-refractivity contribution >= 4 is 5.69 Å². The maximum Gasteiger partial charge on any atom is 0.292 e. The summed E-state index contributed by atoms with van der Waals surface area (Å²) in [6.07, 6.45) is 0.938. The molecule has 6 heteroatoms. The number of nitrogens with zero attached hydrogens (tertiary/aromatic N) is 2. The van der Waals surface area contributed by atoms with Crippen LogP contribution in [-0.2, 0) is 0 Å². The molecular formula is C6H6N2O4. The molecule has 0 amide bonds. The zero-order chi connectivity index (χ0) is 9.30. The summed E-state index contributed by atoms with van der Waals surface area (Å²) in [5.41, 5.74) is -1.14. The van der Waals surface area contributed by atoms with E-state index in [1.807, 2.05) is 0 Å². The highest BCUT2D eigenvalue weighted by Gasteiger charge is 2.13. The Kier molecular flexibility index (Phi) is 1.82. The van der Waals surface area contributed by atoms with Gasteiger partial charge < -0.3 is 5.21 Å². The maximum atomic E-state index is 10.9. The molecule has 0 fully saturated rings. The summed E-state index contributed by atoms with van der Waals surface area (Å²) < 4.78 is 0.308. The first kappa shape index (κ1) is 8.25. The number of rotatable bonds is 1. The first-order valence-electron chi connectivity index (χ1n) is 3.10. The zero-order valence-corrected chi connectivity index (χ0v) is 6.22. The lowest BCUT2D eigenvalue weighted by atomic mass is 10.2. The number of nitro groups is 1. The second-order valence-electron chi connectivity index (χ2n) is 2.23. The highest BCUT2D eigenvalue weighted by atomic mass is 16.6. The van der Waals surface area contributed by atoms with E-state index in [4.69, 9.17) is 5.21 Å². The molecule has 1 aromatic heterocycles. The molecule has 0 atom stereocenters. The Morgan fingerprint density at radius 1 is 1.67 bits per heavy atom. The molecule has 0 aliphatic heterocycles. The predicted molar refractivity (Wildman–Crippen MR) is 39.3 cm³/mol. The Labute approximate surface area is 66.8 Å². The van der Waals surface area contributed by atoms with Crippen LogP contribution in [0, 0.1) is 17.0 Å². The van der Waals surface area contributed by atoms with Crippen LogP contribution in [0.3, 0.4) is 0 Å².